The van der Waals surface area contributed by atoms with Crippen molar-refractivity contribution in [1.82, 2.24) is 60.6 Å². The van der Waals surface area contributed by atoms with Crippen molar-refractivity contribution in [2.75, 3.05) is 0 Å². The quantitative estimate of drug-likeness (QED) is 0.255. The van der Waals surface area contributed by atoms with E-state index < -0.39 is 8.48 Å². The van der Waals surface area contributed by atoms with E-state index in [2.05, 4.69) is 55.6 Å². The van der Waals surface area contributed by atoms with Gasteiger partial charge in [-0.1, -0.05) is 0 Å². The van der Waals surface area contributed by atoms with Gasteiger partial charge in [-0.2, -0.15) is 25.0 Å². The lowest BCUT2D eigenvalue weighted by molar-refractivity contribution is 0.845. The molecular formula is C18H14N14S3. The highest BCUT2D eigenvalue weighted by atomic mass is 32.4. The first-order valence-electron chi connectivity index (χ1n) is 10.1. The normalized spacial score (nSPS) is 19.8. The number of hydrogen-bond donors (Lipinski definition) is 4. The Bertz CT molecular complexity index is 1510. The smallest absolute Gasteiger partial charge is 0.237 e. The molecule has 0 radical (unpaired) electrons. The van der Waals surface area contributed by atoms with Crippen LogP contribution in [0.3, 0.4) is 0 Å². The number of rotatable bonds is 6. The van der Waals surface area contributed by atoms with E-state index in [-0.39, 0.29) is 5.16 Å². The minimum atomic E-state index is -5.06. The third-order valence-electron chi connectivity index (χ3n) is 6.16. The van der Waals surface area contributed by atoms with Crippen molar-refractivity contribution in [2.24, 2.45) is 9.63 Å². The van der Waals surface area contributed by atoms with E-state index in [4.69, 9.17) is 14.6 Å². The van der Waals surface area contributed by atoms with Gasteiger partial charge in [0, 0.05) is 37.8 Å². The zero-order valence-electron chi connectivity index (χ0n) is 17.5. The summed E-state index contributed by atoms with van der Waals surface area (Å²) >= 11 is 2.75. The zero-order valence-corrected chi connectivity index (χ0v) is 19.9. The number of hydrogen-bond acceptors (Lipinski definition) is 12. The molecule has 1 aliphatic heterocycles. The van der Waals surface area contributed by atoms with Gasteiger partial charge in [-0.05, 0) is 41.0 Å². The Balaban J connectivity index is 1.89. The minimum Gasteiger partial charge on any atom is -0.356 e. The van der Waals surface area contributed by atoms with Gasteiger partial charge in [0.1, 0.15) is 21.4 Å². The Morgan fingerprint density at radius 1 is 0.943 bits per heavy atom. The SMILES string of the molecule is c1c[nH]c(S2(c3cn[nH]n3)(c3nn[nH]n3)(c3ccn[nH]3)N=NC(c3ccsn3)=C2c2nccs2)c1. The number of nitrogens with one attached hydrogen (secondary N) is 4. The molecule has 6 aromatic rings. The molecule has 4 N–H and O–H groups in total. The molecule has 0 saturated heterocycles. The number of H-pyrrole nitrogens is 4. The lowest BCUT2D eigenvalue weighted by atomic mass is 10.3. The predicted molar refractivity (Wildman–Crippen MR) is 126 cm³/mol. The molecule has 0 atom stereocenters. The molecular weight excluding hydrogens is 508 g/mol. The molecule has 7 heterocycles. The zero-order chi connectivity index (χ0) is 23.4. The summed E-state index contributed by atoms with van der Waals surface area (Å²) in [4.78, 5) is 8.75. The van der Waals surface area contributed by atoms with Gasteiger partial charge < -0.3 is 4.98 Å². The summed E-state index contributed by atoms with van der Waals surface area (Å²) < 4.78 is 9.86. The molecule has 35 heavy (non-hydrogen) atoms. The first-order valence-corrected chi connectivity index (χ1v) is 14.2. The summed E-state index contributed by atoms with van der Waals surface area (Å²) in [5.74, 6) is 0. The van der Waals surface area contributed by atoms with Gasteiger partial charge in [-0.15, -0.1) is 36.3 Å². The molecule has 14 nitrogen and oxygen atoms in total. The van der Waals surface area contributed by atoms with Crippen LogP contribution in [0.5, 0.6) is 0 Å². The van der Waals surface area contributed by atoms with E-state index in [9.17, 15) is 0 Å². The standard InChI is InChI=1S/C18H14N14S3/c1-2-12(19-5-1)35(13-3-6-21-23-13,14-10-22-29-24-14,18-26-30-31-27-18)16(17-20-7-9-33-17)15(25-32-35)11-4-8-34-28-11/h1-10,19H,(H,21,23)(H,22,24,29)(H,26,27,30,31). The summed E-state index contributed by atoms with van der Waals surface area (Å²) in [5.41, 5.74) is 1.14. The summed E-state index contributed by atoms with van der Waals surface area (Å²) in [7, 11) is -5.06. The van der Waals surface area contributed by atoms with Gasteiger partial charge in [0.15, 0.2) is 0 Å². The van der Waals surface area contributed by atoms with Crippen molar-refractivity contribution in [2.45, 2.75) is 20.2 Å². The van der Waals surface area contributed by atoms with E-state index in [1.807, 2.05) is 35.0 Å². The highest BCUT2D eigenvalue weighted by molar-refractivity contribution is 8.69. The lowest BCUT2D eigenvalue weighted by Gasteiger charge is -2.67. The highest BCUT2D eigenvalue weighted by Gasteiger charge is 2.80. The van der Waals surface area contributed by atoms with Crippen LogP contribution in [0.25, 0.3) is 10.6 Å². The van der Waals surface area contributed by atoms with Crippen molar-refractivity contribution in [3.8, 4) is 0 Å². The van der Waals surface area contributed by atoms with E-state index >= 15 is 0 Å². The molecule has 0 fully saturated rings. The number of nitrogens with zero attached hydrogens (tertiary/aromatic N) is 10. The van der Waals surface area contributed by atoms with Gasteiger partial charge in [0.2, 0.25) is 5.16 Å². The summed E-state index contributed by atoms with van der Waals surface area (Å²) in [6, 6.07) is 7.48. The van der Waals surface area contributed by atoms with Crippen LogP contribution in [0.1, 0.15) is 10.7 Å². The molecule has 0 bridgehead atoms. The Morgan fingerprint density at radius 2 is 1.94 bits per heavy atom. The number of aromatic nitrogens is 12. The fraction of sp³-hybridized carbons (Fsp3) is 0. The molecule has 0 amide bonds. The molecule has 6 aromatic heterocycles. The second-order valence-corrected chi connectivity index (χ2v) is 14.3. The monoisotopic (exact) mass is 522 g/mol. The third-order valence-corrected chi connectivity index (χ3v) is 14.4. The van der Waals surface area contributed by atoms with Crippen molar-refractivity contribution in [3.05, 3.63) is 70.5 Å². The van der Waals surface area contributed by atoms with Crippen molar-refractivity contribution >= 4 is 42.0 Å². The fourth-order valence-corrected chi connectivity index (χ4v) is 13.0. The first kappa shape index (κ1) is 20.1. The molecule has 174 valence electrons. The van der Waals surface area contributed by atoms with Crippen molar-refractivity contribution < 1.29 is 0 Å². The molecule has 17 heteroatoms. The second kappa shape index (κ2) is 6.62. The largest absolute Gasteiger partial charge is 0.356 e. The van der Waals surface area contributed by atoms with Crippen molar-refractivity contribution in [1.29, 1.82) is 0 Å². The maximum atomic E-state index is 5.27. The molecule has 0 spiro atoms. The van der Waals surface area contributed by atoms with Crippen LogP contribution in [0, 0.1) is 0 Å². The maximum Gasteiger partial charge on any atom is 0.237 e. The van der Waals surface area contributed by atoms with E-state index in [1.165, 1.54) is 22.9 Å². The number of thiazole rings is 1. The summed E-state index contributed by atoms with van der Waals surface area (Å²) in [6.45, 7) is 0. The maximum absolute atomic E-state index is 5.27. The Morgan fingerprint density at radius 3 is 2.60 bits per heavy atom. The molecule has 0 saturated carbocycles. The average molecular weight is 523 g/mol. The Kier molecular flexibility index (Phi) is 3.79. The van der Waals surface area contributed by atoms with Gasteiger partial charge in [-0.25, -0.2) is 4.98 Å². The highest BCUT2D eigenvalue weighted by Crippen LogP contribution is 3.12. The topological polar surface area (TPSA) is 191 Å². The fourth-order valence-electron chi connectivity index (χ4n) is 4.78. The van der Waals surface area contributed by atoms with Crippen LogP contribution in [-0.2, 0) is 0 Å². The van der Waals surface area contributed by atoms with Crippen molar-refractivity contribution in [3.63, 3.8) is 0 Å². The predicted octanol–water partition coefficient (Wildman–Crippen LogP) is 3.60. The van der Waals surface area contributed by atoms with Crippen LogP contribution < -0.4 is 0 Å². The van der Waals surface area contributed by atoms with Gasteiger partial charge in [0.25, 0.3) is 0 Å². The number of tetrazole rings is 1. The van der Waals surface area contributed by atoms with Gasteiger partial charge in [0.05, 0.1) is 21.2 Å². The van der Waals surface area contributed by atoms with Gasteiger partial charge >= 0.3 is 0 Å². The Labute approximate surface area is 202 Å². The van der Waals surface area contributed by atoms with Crippen LogP contribution in [0.4, 0.5) is 0 Å². The molecule has 0 aromatic carbocycles. The average Bonchev–Trinajstić information content (AvgIpc) is 3.75. The van der Waals surface area contributed by atoms with Gasteiger partial charge in [-0.3, -0.25) is 5.10 Å². The van der Waals surface area contributed by atoms with E-state index in [1.54, 1.807) is 24.8 Å². The second-order valence-electron chi connectivity index (χ2n) is 7.52. The number of aromatic amines is 4. The first-order chi connectivity index (χ1) is 17.3. The molecule has 0 aliphatic carbocycles. The molecule has 7 rings (SSSR count). The lowest BCUT2D eigenvalue weighted by Crippen LogP contribution is -2.38. The minimum absolute atomic E-state index is 0.227. The van der Waals surface area contributed by atoms with Crippen LogP contribution in [0.15, 0.2) is 89.7 Å². The van der Waals surface area contributed by atoms with Crippen LogP contribution in [0.2, 0.25) is 0 Å². The third kappa shape index (κ3) is 1.96. The summed E-state index contributed by atoms with van der Waals surface area (Å²) in [6.07, 6.45) is 6.77. The summed E-state index contributed by atoms with van der Waals surface area (Å²) in [5, 5.41) is 45.9. The molecule has 0 unspecified atom stereocenters. The molecule has 1 aliphatic rings. The van der Waals surface area contributed by atoms with E-state index in [0.717, 1.165) is 0 Å². The Hall–Kier alpha value is -4.35. The van der Waals surface area contributed by atoms with Crippen LogP contribution >= 0.6 is 31.3 Å². The van der Waals surface area contributed by atoms with E-state index in [0.29, 0.717) is 36.4 Å². The van der Waals surface area contributed by atoms with Crippen LogP contribution in [-0.4, -0.2) is 60.6 Å².